The Balaban J connectivity index is 3.71. The third kappa shape index (κ3) is 3.34. The standard InChI is InChI=1S/C11H13ClF3NO4S/c1-4-20-11(17)7-5(2)16(10(15)9(13)14)6(3)8(7)21(12,18)19/h9-10H,4H2,1-3H3. The molecule has 0 aliphatic rings. The van der Waals surface area contributed by atoms with Crippen LogP contribution in [-0.4, -0.2) is 32.0 Å². The van der Waals surface area contributed by atoms with Gasteiger partial charge in [0.2, 0.25) is 6.30 Å². The van der Waals surface area contributed by atoms with Crippen molar-refractivity contribution in [1.29, 1.82) is 0 Å². The fourth-order valence-electron chi connectivity index (χ4n) is 2.05. The number of ether oxygens (including phenoxy) is 1. The van der Waals surface area contributed by atoms with Crippen molar-refractivity contribution in [3.8, 4) is 0 Å². The number of esters is 1. The van der Waals surface area contributed by atoms with E-state index in [0.717, 1.165) is 13.8 Å². The minimum atomic E-state index is -4.45. The van der Waals surface area contributed by atoms with Crippen LogP contribution in [0.1, 0.15) is 35.0 Å². The summed E-state index contributed by atoms with van der Waals surface area (Å²) in [4.78, 5) is 11.1. The maximum absolute atomic E-state index is 13.6. The van der Waals surface area contributed by atoms with Crippen molar-refractivity contribution in [2.45, 2.75) is 38.4 Å². The van der Waals surface area contributed by atoms with E-state index < -0.39 is 43.9 Å². The van der Waals surface area contributed by atoms with E-state index in [-0.39, 0.29) is 12.3 Å². The molecular formula is C11H13ClF3NO4S. The Kier molecular flexibility index (Phi) is 5.32. The lowest BCUT2D eigenvalue weighted by molar-refractivity contribution is 0.00572. The van der Waals surface area contributed by atoms with Crippen molar-refractivity contribution >= 4 is 25.7 Å². The van der Waals surface area contributed by atoms with Crippen LogP contribution in [0.2, 0.25) is 0 Å². The van der Waals surface area contributed by atoms with Crippen LogP contribution in [0.4, 0.5) is 13.2 Å². The lowest BCUT2D eigenvalue weighted by Gasteiger charge is -2.14. The van der Waals surface area contributed by atoms with Crippen LogP contribution >= 0.6 is 10.7 Å². The minimum absolute atomic E-state index is 0.0713. The molecule has 1 aromatic heterocycles. The molecule has 0 aliphatic carbocycles. The van der Waals surface area contributed by atoms with Crippen LogP contribution < -0.4 is 0 Å². The highest BCUT2D eigenvalue weighted by atomic mass is 35.7. The van der Waals surface area contributed by atoms with Crippen molar-refractivity contribution < 1.29 is 31.1 Å². The summed E-state index contributed by atoms with van der Waals surface area (Å²) in [5, 5.41) is 0. The molecule has 120 valence electrons. The summed E-state index contributed by atoms with van der Waals surface area (Å²) in [7, 11) is 0.775. The van der Waals surface area contributed by atoms with E-state index in [1.54, 1.807) is 0 Å². The molecule has 0 spiro atoms. The van der Waals surface area contributed by atoms with E-state index in [1.165, 1.54) is 6.92 Å². The van der Waals surface area contributed by atoms with Gasteiger partial charge in [0.05, 0.1) is 6.61 Å². The molecule has 0 fully saturated rings. The van der Waals surface area contributed by atoms with Crippen LogP contribution in [-0.2, 0) is 13.8 Å². The molecule has 0 radical (unpaired) electrons. The minimum Gasteiger partial charge on any atom is -0.462 e. The van der Waals surface area contributed by atoms with Gasteiger partial charge in [-0.25, -0.2) is 26.4 Å². The summed E-state index contributed by atoms with van der Waals surface area (Å²) in [6.07, 6.45) is -6.19. The molecule has 0 N–H and O–H groups in total. The Hall–Kier alpha value is -1.22. The number of alkyl halides is 3. The number of rotatable bonds is 5. The van der Waals surface area contributed by atoms with Crippen LogP contribution in [0.15, 0.2) is 4.90 Å². The van der Waals surface area contributed by atoms with Gasteiger partial charge in [-0.15, -0.1) is 0 Å². The summed E-state index contributed by atoms with van der Waals surface area (Å²) in [6.45, 7) is 3.63. The second-order valence-corrected chi connectivity index (χ2v) is 6.61. The summed E-state index contributed by atoms with van der Waals surface area (Å²) in [5.41, 5.74) is -1.22. The second kappa shape index (κ2) is 6.27. The summed E-state index contributed by atoms with van der Waals surface area (Å²) >= 11 is 0. The maximum atomic E-state index is 13.6. The average Bonchev–Trinajstić information content (AvgIpc) is 2.59. The average molecular weight is 348 g/mol. The molecule has 1 heterocycles. The molecule has 0 aliphatic heterocycles. The molecule has 0 bridgehead atoms. The molecule has 0 aromatic carbocycles. The van der Waals surface area contributed by atoms with E-state index in [4.69, 9.17) is 10.7 Å². The van der Waals surface area contributed by atoms with E-state index in [9.17, 15) is 26.4 Å². The topological polar surface area (TPSA) is 65.4 Å². The van der Waals surface area contributed by atoms with Gasteiger partial charge in [0, 0.05) is 22.1 Å². The van der Waals surface area contributed by atoms with Gasteiger partial charge in [-0.2, -0.15) is 0 Å². The molecular weight excluding hydrogens is 335 g/mol. The summed E-state index contributed by atoms with van der Waals surface area (Å²) < 4.78 is 67.0. The number of hydrogen-bond donors (Lipinski definition) is 0. The first-order valence-electron chi connectivity index (χ1n) is 5.79. The van der Waals surface area contributed by atoms with Crippen LogP contribution in [0, 0.1) is 13.8 Å². The maximum Gasteiger partial charge on any atom is 0.341 e. The van der Waals surface area contributed by atoms with Gasteiger partial charge in [-0.1, -0.05) is 0 Å². The second-order valence-electron chi connectivity index (χ2n) is 4.11. The zero-order chi connectivity index (χ0) is 16.5. The molecule has 1 aromatic rings. The molecule has 21 heavy (non-hydrogen) atoms. The van der Waals surface area contributed by atoms with Gasteiger partial charge in [0.25, 0.3) is 15.5 Å². The van der Waals surface area contributed by atoms with Crippen LogP contribution in [0.5, 0.6) is 0 Å². The van der Waals surface area contributed by atoms with Gasteiger partial charge in [-0.05, 0) is 20.8 Å². The largest absolute Gasteiger partial charge is 0.462 e. The molecule has 5 nitrogen and oxygen atoms in total. The predicted molar refractivity (Wildman–Crippen MR) is 69.1 cm³/mol. The van der Waals surface area contributed by atoms with Crippen molar-refractivity contribution in [2.24, 2.45) is 0 Å². The fourth-order valence-corrected chi connectivity index (χ4v) is 3.54. The first-order chi connectivity index (χ1) is 9.53. The molecule has 10 heteroatoms. The Morgan fingerprint density at radius 2 is 1.81 bits per heavy atom. The van der Waals surface area contributed by atoms with Crippen molar-refractivity contribution in [1.82, 2.24) is 4.57 Å². The lowest BCUT2D eigenvalue weighted by atomic mass is 10.2. The van der Waals surface area contributed by atoms with Gasteiger partial charge < -0.3 is 9.30 Å². The van der Waals surface area contributed by atoms with Gasteiger partial charge in [0.1, 0.15) is 10.5 Å². The van der Waals surface area contributed by atoms with Crippen LogP contribution in [0.3, 0.4) is 0 Å². The van der Waals surface area contributed by atoms with Crippen molar-refractivity contribution in [3.63, 3.8) is 0 Å². The number of nitrogens with zero attached hydrogens (tertiary/aromatic N) is 1. The van der Waals surface area contributed by atoms with E-state index in [2.05, 4.69) is 4.74 Å². The number of halogens is 4. The monoisotopic (exact) mass is 347 g/mol. The van der Waals surface area contributed by atoms with E-state index in [1.807, 2.05) is 0 Å². The first kappa shape index (κ1) is 17.8. The lowest BCUT2D eigenvalue weighted by Crippen LogP contribution is -2.16. The Morgan fingerprint density at radius 3 is 2.19 bits per heavy atom. The quantitative estimate of drug-likeness (QED) is 0.606. The number of carbonyl (C=O) groups excluding carboxylic acids is 1. The number of carbonyl (C=O) groups is 1. The first-order valence-corrected chi connectivity index (χ1v) is 8.10. The predicted octanol–water partition coefficient (Wildman–Crippen LogP) is 2.94. The van der Waals surface area contributed by atoms with Crippen molar-refractivity contribution in [2.75, 3.05) is 6.61 Å². The van der Waals surface area contributed by atoms with Crippen molar-refractivity contribution in [3.05, 3.63) is 17.0 Å². The third-order valence-electron chi connectivity index (χ3n) is 2.82. The SMILES string of the molecule is CCOC(=O)c1c(S(=O)(=O)Cl)c(C)n(C(F)C(F)F)c1C. The summed E-state index contributed by atoms with van der Waals surface area (Å²) in [6, 6.07) is 0. The van der Waals surface area contributed by atoms with E-state index in [0.29, 0.717) is 4.57 Å². The highest BCUT2D eigenvalue weighted by Gasteiger charge is 2.35. The fraction of sp³-hybridized carbons (Fsp3) is 0.545. The normalized spacial score (nSPS) is 13.5. The molecule has 1 rings (SSSR count). The number of hydrogen-bond acceptors (Lipinski definition) is 4. The zero-order valence-electron chi connectivity index (χ0n) is 11.4. The molecule has 0 saturated heterocycles. The Morgan fingerprint density at radius 1 is 1.29 bits per heavy atom. The highest BCUT2D eigenvalue weighted by Crippen LogP contribution is 2.34. The smallest absolute Gasteiger partial charge is 0.341 e. The number of aromatic nitrogens is 1. The Bertz CT molecular complexity index is 657. The molecule has 1 unspecified atom stereocenters. The van der Waals surface area contributed by atoms with E-state index >= 15 is 0 Å². The van der Waals surface area contributed by atoms with Gasteiger partial charge in [0.15, 0.2) is 0 Å². The molecule has 1 atom stereocenters. The third-order valence-corrected chi connectivity index (χ3v) is 4.27. The zero-order valence-corrected chi connectivity index (χ0v) is 12.9. The molecule has 0 amide bonds. The van der Waals surface area contributed by atoms with Gasteiger partial charge in [-0.3, -0.25) is 0 Å². The van der Waals surface area contributed by atoms with Gasteiger partial charge >= 0.3 is 5.97 Å². The summed E-state index contributed by atoms with van der Waals surface area (Å²) in [5.74, 6) is -1.07. The Labute approximate surface area is 124 Å². The van der Waals surface area contributed by atoms with Crippen LogP contribution in [0.25, 0.3) is 0 Å². The molecule has 0 saturated carbocycles. The highest BCUT2D eigenvalue weighted by molar-refractivity contribution is 8.13.